The Hall–Kier alpha value is -7.56. The van der Waals surface area contributed by atoms with Crippen LogP contribution in [0.1, 0.15) is 0 Å². The van der Waals surface area contributed by atoms with E-state index in [0.717, 1.165) is 43.5 Å². The Labute approximate surface area is 367 Å². The molecule has 0 N–H and O–H groups in total. The second kappa shape index (κ2) is 14.0. The molecule has 13 rings (SSSR count). The second-order valence-electron chi connectivity index (χ2n) is 16.4. The summed E-state index contributed by atoms with van der Waals surface area (Å²) < 4.78 is 2.38. The molecule has 0 atom stereocenters. The fourth-order valence-electron chi connectivity index (χ4n) is 9.99. The van der Waals surface area contributed by atoms with Crippen molar-refractivity contribution in [1.82, 2.24) is 19.4 Å². The lowest BCUT2D eigenvalue weighted by molar-refractivity contribution is 1.32. The van der Waals surface area contributed by atoms with E-state index >= 15 is 0 Å². The van der Waals surface area contributed by atoms with Crippen LogP contribution in [-0.2, 0) is 11.8 Å². The molecule has 63 heavy (non-hydrogen) atoms. The predicted octanol–water partition coefficient (Wildman–Crippen LogP) is 13.3. The Balaban J connectivity index is 0.985. The summed E-state index contributed by atoms with van der Waals surface area (Å²) in [7, 11) is 0. The summed E-state index contributed by atoms with van der Waals surface area (Å²) in [6.45, 7) is 0. The van der Waals surface area contributed by atoms with E-state index in [1.54, 1.807) is 0 Å². The number of fused-ring (bicyclic) bond motifs is 14. The number of hydrogen-bond acceptors (Lipinski definition) is 4. The zero-order valence-electron chi connectivity index (χ0n) is 33.9. The van der Waals surface area contributed by atoms with Gasteiger partial charge in [0, 0.05) is 47.0 Å². The molecule has 4 aromatic heterocycles. The summed E-state index contributed by atoms with van der Waals surface area (Å²) in [5.41, 5.74) is 8.93. The van der Waals surface area contributed by atoms with Crippen LogP contribution < -0.4 is 15.9 Å². The van der Waals surface area contributed by atoms with Crippen molar-refractivity contribution in [2.45, 2.75) is 0 Å². The van der Waals surface area contributed by atoms with Crippen LogP contribution in [0.4, 0.5) is 0 Å². The van der Waals surface area contributed by atoms with E-state index in [1.165, 1.54) is 76.1 Å². The average Bonchev–Trinajstić information content (AvgIpc) is 3.75. The van der Waals surface area contributed by atoms with Crippen molar-refractivity contribution in [3.63, 3.8) is 0 Å². The molecule has 4 heterocycles. The van der Waals surface area contributed by atoms with E-state index in [4.69, 9.17) is 16.8 Å². The molecular formula is C57H35N4PS. The zero-order chi connectivity index (χ0) is 41.6. The number of nitrogens with zero attached hydrogens (tertiary/aromatic N) is 4. The van der Waals surface area contributed by atoms with Crippen molar-refractivity contribution in [3.05, 3.63) is 213 Å². The largest absolute Gasteiger partial charge is 0.292 e. The van der Waals surface area contributed by atoms with E-state index in [2.05, 4.69) is 202 Å². The maximum Gasteiger partial charge on any atom is 0.146 e. The Morgan fingerprint density at radius 3 is 1.76 bits per heavy atom. The van der Waals surface area contributed by atoms with Gasteiger partial charge in [0.2, 0.25) is 0 Å². The summed E-state index contributed by atoms with van der Waals surface area (Å²) >= 11 is 6.66. The van der Waals surface area contributed by atoms with E-state index in [9.17, 15) is 0 Å². The minimum absolute atomic E-state index is 0.971. The second-order valence-corrected chi connectivity index (χ2v) is 20.8. The fourth-order valence-corrected chi connectivity index (χ4v) is 13.7. The van der Waals surface area contributed by atoms with Crippen LogP contribution in [0.3, 0.4) is 0 Å². The first-order valence-corrected chi connectivity index (χ1v) is 24.0. The smallest absolute Gasteiger partial charge is 0.146 e. The molecule has 0 spiro atoms. The van der Waals surface area contributed by atoms with E-state index in [1.807, 2.05) is 24.8 Å². The highest BCUT2D eigenvalue weighted by molar-refractivity contribution is 8.25. The molecule has 0 unspecified atom stereocenters. The quantitative estimate of drug-likeness (QED) is 0.128. The van der Waals surface area contributed by atoms with Crippen LogP contribution in [0.2, 0.25) is 0 Å². The third-order valence-electron chi connectivity index (χ3n) is 13.0. The third kappa shape index (κ3) is 5.54. The lowest BCUT2D eigenvalue weighted by atomic mass is 9.94. The molecule has 0 bridgehead atoms. The average molecular weight is 839 g/mol. The topological polar surface area (TPSA) is 43.1 Å². The summed E-state index contributed by atoms with van der Waals surface area (Å²) in [6, 6.07) is 66.2. The van der Waals surface area contributed by atoms with Crippen LogP contribution in [0.25, 0.3) is 104 Å². The Kier molecular flexibility index (Phi) is 8.02. The summed E-state index contributed by atoms with van der Waals surface area (Å²) in [5, 5.41) is 16.7. The lowest BCUT2D eigenvalue weighted by Crippen LogP contribution is -2.25. The molecule has 0 aliphatic rings. The van der Waals surface area contributed by atoms with Crippen LogP contribution in [-0.4, -0.2) is 19.4 Å². The van der Waals surface area contributed by atoms with Gasteiger partial charge >= 0.3 is 0 Å². The Bertz CT molecular complexity index is 4020. The number of hydrogen-bond donors (Lipinski definition) is 0. The van der Waals surface area contributed by atoms with Gasteiger partial charge in [-0.2, -0.15) is 0 Å². The molecule has 0 saturated carbocycles. The van der Waals surface area contributed by atoms with Gasteiger partial charge in [-0.3, -0.25) is 14.4 Å². The van der Waals surface area contributed by atoms with Crippen LogP contribution >= 0.6 is 6.04 Å². The van der Waals surface area contributed by atoms with Gasteiger partial charge in [-0.15, -0.1) is 0 Å². The highest BCUT2D eigenvalue weighted by Crippen LogP contribution is 2.44. The molecule has 0 amide bonds. The summed E-state index contributed by atoms with van der Waals surface area (Å²) in [5.74, 6) is 0. The standard InChI is InChI=1S/C57H35N4PS/c63-62(43-24-28-58-29-25-43,44-26-30-59-31-27-44)45-18-21-49-41(33-45)13-12-40-32-38(15-19-48(40)49)39-17-23-54-52(34-39)56-50-10-4-2-7-37(50)14-20-51(56)57-60-53-22-16-42(35-55(53)61(54)57)47-11-5-8-36-6-1-3-9-46(36)47/h1-35H. The van der Waals surface area contributed by atoms with Crippen LogP contribution in [0.15, 0.2) is 213 Å². The molecule has 0 aliphatic carbocycles. The molecule has 6 heteroatoms. The third-order valence-corrected chi connectivity index (χ3v) is 18.0. The van der Waals surface area contributed by atoms with E-state index < -0.39 is 6.04 Å². The number of imidazole rings is 1. The molecule has 294 valence electrons. The van der Waals surface area contributed by atoms with Gasteiger partial charge in [0.1, 0.15) is 5.65 Å². The lowest BCUT2D eigenvalue weighted by Gasteiger charge is -2.24. The Morgan fingerprint density at radius 1 is 0.381 bits per heavy atom. The molecule has 0 aliphatic heterocycles. The maximum atomic E-state index is 6.66. The first-order valence-electron chi connectivity index (χ1n) is 21.2. The zero-order valence-corrected chi connectivity index (χ0v) is 35.6. The molecule has 4 nitrogen and oxygen atoms in total. The maximum absolute atomic E-state index is 6.66. The molecule has 0 radical (unpaired) electrons. The number of aromatic nitrogens is 4. The summed E-state index contributed by atoms with van der Waals surface area (Å²) in [6.07, 6.45) is 7.36. The number of pyridine rings is 3. The fraction of sp³-hybridized carbons (Fsp3) is 0. The van der Waals surface area contributed by atoms with Gasteiger partial charge < -0.3 is 0 Å². The van der Waals surface area contributed by atoms with Crippen molar-refractivity contribution >= 4 is 115 Å². The first-order chi connectivity index (χ1) is 31.1. The van der Waals surface area contributed by atoms with Crippen molar-refractivity contribution in [2.24, 2.45) is 0 Å². The SMILES string of the molecule is S=P(c1ccncc1)(c1ccncc1)c1ccc2c(ccc3cc(-c4ccc5c(c4)c4c6ccccc6ccc4c4nc6ccc(-c7cccc8ccccc78)cc6n54)ccc32)c1. The summed E-state index contributed by atoms with van der Waals surface area (Å²) in [4.78, 5) is 13.9. The minimum Gasteiger partial charge on any atom is -0.292 e. The van der Waals surface area contributed by atoms with E-state index in [-0.39, 0.29) is 0 Å². The van der Waals surface area contributed by atoms with E-state index in [0.29, 0.717) is 0 Å². The normalized spacial score (nSPS) is 12.2. The molecule has 13 aromatic rings. The number of benzene rings is 9. The van der Waals surface area contributed by atoms with Gasteiger partial charge in [0.15, 0.2) is 0 Å². The van der Waals surface area contributed by atoms with Gasteiger partial charge in [-0.1, -0.05) is 133 Å². The van der Waals surface area contributed by atoms with Crippen molar-refractivity contribution in [2.75, 3.05) is 0 Å². The van der Waals surface area contributed by atoms with Gasteiger partial charge in [0.25, 0.3) is 0 Å². The monoisotopic (exact) mass is 838 g/mol. The van der Waals surface area contributed by atoms with Crippen molar-refractivity contribution in [1.29, 1.82) is 0 Å². The van der Waals surface area contributed by atoms with Crippen LogP contribution in [0, 0.1) is 0 Å². The molecule has 0 saturated heterocycles. The molecule has 9 aromatic carbocycles. The van der Waals surface area contributed by atoms with Gasteiger partial charge in [0.05, 0.1) is 16.6 Å². The Morgan fingerprint density at radius 2 is 0.984 bits per heavy atom. The highest BCUT2D eigenvalue weighted by atomic mass is 32.4. The first kappa shape index (κ1) is 36.1. The van der Waals surface area contributed by atoms with Crippen molar-refractivity contribution < 1.29 is 0 Å². The molecular weight excluding hydrogens is 804 g/mol. The van der Waals surface area contributed by atoms with Gasteiger partial charge in [-0.05, 0) is 148 Å². The molecule has 0 fully saturated rings. The van der Waals surface area contributed by atoms with Crippen LogP contribution in [0.5, 0.6) is 0 Å². The number of rotatable bonds is 5. The van der Waals surface area contributed by atoms with Gasteiger partial charge in [-0.25, -0.2) is 4.98 Å². The van der Waals surface area contributed by atoms with Crippen molar-refractivity contribution in [3.8, 4) is 22.3 Å². The predicted molar refractivity (Wildman–Crippen MR) is 270 cm³/mol. The highest BCUT2D eigenvalue weighted by Gasteiger charge is 2.25. The minimum atomic E-state index is -2.35.